The first-order valence-corrected chi connectivity index (χ1v) is 11.6. The lowest BCUT2D eigenvalue weighted by Crippen LogP contribution is -2.40. The summed E-state index contributed by atoms with van der Waals surface area (Å²) in [6, 6.07) is 4.65. The number of sulfonamides is 1. The van der Waals surface area contributed by atoms with Crippen LogP contribution in [0.25, 0.3) is 0 Å². The Bertz CT molecular complexity index is 769. The van der Waals surface area contributed by atoms with Crippen molar-refractivity contribution in [1.29, 1.82) is 0 Å². The molecule has 1 N–H and O–H groups in total. The van der Waals surface area contributed by atoms with E-state index in [-0.39, 0.29) is 10.8 Å². The highest BCUT2D eigenvalue weighted by atomic mass is 32.2. The summed E-state index contributed by atoms with van der Waals surface area (Å²) in [4.78, 5) is 12.6. The predicted octanol–water partition coefficient (Wildman–Crippen LogP) is 3.02. The van der Waals surface area contributed by atoms with Gasteiger partial charge in [-0.25, -0.2) is 8.42 Å². The van der Waals surface area contributed by atoms with Crippen molar-refractivity contribution in [3.63, 3.8) is 0 Å². The second kappa shape index (κ2) is 9.71. The maximum Gasteiger partial charge on any atom is 0.243 e. The zero-order valence-electron chi connectivity index (χ0n) is 16.5. The molecule has 0 spiro atoms. The lowest BCUT2D eigenvalue weighted by molar-refractivity contribution is -0.116. The summed E-state index contributed by atoms with van der Waals surface area (Å²) in [6.45, 7) is 3.73. The van der Waals surface area contributed by atoms with Crippen LogP contribution in [0.15, 0.2) is 23.1 Å². The molecule has 0 aromatic heterocycles. The maximum atomic E-state index is 12.9. The molecule has 1 aliphatic heterocycles. The van der Waals surface area contributed by atoms with Crippen LogP contribution in [0.4, 0.5) is 5.69 Å². The van der Waals surface area contributed by atoms with E-state index in [1.54, 1.807) is 6.07 Å². The van der Waals surface area contributed by atoms with E-state index in [9.17, 15) is 13.2 Å². The van der Waals surface area contributed by atoms with Crippen LogP contribution < -0.4 is 10.1 Å². The molecule has 8 heteroatoms. The van der Waals surface area contributed by atoms with Crippen molar-refractivity contribution in [2.24, 2.45) is 5.92 Å². The monoisotopic (exact) mass is 410 g/mol. The fourth-order valence-electron chi connectivity index (χ4n) is 3.83. The van der Waals surface area contributed by atoms with Gasteiger partial charge in [0.05, 0.1) is 30.4 Å². The van der Waals surface area contributed by atoms with E-state index in [1.807, 2.05) is 6.92 Å². The van der Waals surface area contributed by atoms with Gasteiger partial charge < -0.3 is 14.8 Å². The fraction of sp³-hybridized carbons (Fsp3) is 0.650. The number of ether oxygens (including phenoxy) is 2. The Morgan fingerprint density at radius 3 is 2.64 bits per heavy atom. The Balaban J connectivity index is 1.74. The summed E-state index contributed by atoms with van der Waals surface area (Å²) >= 11 is 0. The molecule has 3 rings (SSSR count). The van der Waals surface area contributed by atoms with Gasteiger partial charge in [0.2, 0.25) is 15.9 Å². The molecule has 1 heterocycles. The third-order valence-corrected chi connectivity index (χ3v) is 7.28. The Labute approximate surface area is 167 Å². The van der Waals surface area contributed by atoms with Crippen molar-refractivity contribution in [3.8, 4) is 5.75 Å². The molecular weight excluding hydrogens is 380 g/mol. The first kappa shape index (κ1) is 21.1. The summed E-state index contributed by atoms with van der Waals surface area (Å²) in [5.74, 6) is 1.01. The van der Waals surface area contributed by atoms with Crippen LogP contribution in [0.5, 0.6) is 5.75 Å². The summed E-state index contributed by atoms with van der Waals surface area (Å²) in [5.41, 5.74) is 0.410. The molecule has 1 amide bonds. The summed E-state index contributed by atoms with van der Waals surface area (Å²) in [5, 5.41) is 2.86. The Morgan fingerprint density at radius 2 is 1.96 bits per heavy atom. The van der Waals surface area contributed by atoms with Crippen molar-refractivity contribution < 1.29 is 22.7 Å². The number of hydrogen-bond acceptors (Lipinski definition) is 5. The van der Waals surface area contributed by atoms with Gasteiger partial charge in [-0.3, -0.25) is 4.79 Å². The van der Waals surface area contributed by atoms with Gasteiger partial charge in [-0.1, -0.05) is 25.7 Å². The van der Waals surface area contributed by atoms with Gasteiger partial charge in [0.25, 0.3) is 0 Å². The molecular formula is C20H30N2O5S. The van der Waals surface area contributed by atoms with Crippen LogP contribution in [0.3, 0.4) is 0 Å². The normalized spacial score (nSPS) is 18.9. The van der Waals surface area contributed by atoms with Crippen molar-refractivity contribution in [1.82, 2.24) is 4.31 Å². The van der Waals surface area contributed by atoms with E-state index in [0.717, 1.165) is 6.42 Å². The minimum atomic E-state index is -3.63. The molecule has 2 fully saturated rings. The SMILES string of the molecule is CCOc1ccc(S(=O)(=O)N2CCOCC2)cc1NC(=O)CCC1CCCC1. The minimum absolute atomic E-state index is 0.103. The number of hydrogen-bond donors (Lipinski definition) is 1. The largest absolute Gasteiger partial charge is 0.492 e. The number of nitrogens with one attached hydrogen (secondary N) is 1. The number of rotatable bonds is 8. The Morgan fingerprint density at radius 1 is 1.25 bits per heavy atom. The molecule has 2 aliphatic rings. The lowest BCUT2D eigenvalue weighted by atomic mass is 10.0. The predicted molar refractivity (Wildman–Crippen MR) is 107 cm³/mol. The number of carbonyl (C=O) groups excluding carboxylic acids is 1. The highest BCUT2D eigenvalue weighted by Crippen LogP contribution is 2.31. The Kier molecular flexibility index (Phi) is 7.31. The van der Waals surface area contributed by atoms with Gasteiger partial charge in [-0.05, 0) is 37.5 Å². The molecule has 0 atom stereocenters. The van der Waals surface area contributed by atoms with Crippen molar-refractivity contribution in [2.45, 2.75) is 50.3 Å². The van der Waals surface area contributed by atoms with Gasteiger partial charge in [0.15, 0.2) is 0 Å². The topological polar surface area (TPSA) is 84.9 Å². The average Bonchev–Trinajstić information content (AvgIpc) is 3.22. The Hall–Kier alpha value is -1.64. The highest BCUT2D eigenvalue weighted by molar-refractivity contribution is 7.89. The summed E-state index contributed by atoms with van der Waals surface area (Å²) in [7, 11) is -3.63. The van der Waals surface area contributed by atoms with Crippen LogP contribution in [0.1, 0.15) is 45.4 Å². The zero-order valence-corrected chi connectivity index (χ0v) is 17.3. The van der Waals surface area contributed by atoms with E-state index in [1.165, 1.54) is 42.1 Å². The molecule has 0 radical (unpaired) electrons. The molecule has 7 nitrogen and oxygen atoms in total. The molecule has 1 aromatic rings. The van der Waals surface area contributed by atoms with Crippen molar-refractivity contribution in [2.75, 3.05) is 38.2 Å². The molecule has 0 bridgehead atoms. The third kappa shape index (κ3) is 5.24. The van der Waals surface area contributed by atoms with E-state index in [2.05, 4.69) is 5.32 Å². The second-order valence-corrected chi connectivity index (χ2v) is 9.28. The number of morpholine rings is 1. The summed E-state index contributed by atoms with van der Waals surface area (Å²) < 4.78 is 38.1. The second-order valence-electron chi connectivity index (χ2n) is 7.34. The molecule has 28 heavy (non-hydrogen) atoms. The number of nitrogens with zero attached hydrogens (tertiary/aromatic N) is 1. The first-order valence-electron chi connectivity index (χ1n) is 10.2. The number of benzene rings is 1. The quantitative estimate of drug-likeness (QED) is 0.712. The third-order valence-electron chi connectivity index (χ3n) is 5.39. The molecule has 156 valence electrons. The average molecular weight is 411 g/mol. The minimum Gasteiger partial charge on any atom is -0.492 e. The molecule has 1 aliphatic carbocycles. The first-order chi connectivity index (χ1) is 13.5. The maximum absolute atomic E-state index is 12.9. The van der Waals surface area contributed by atoms with Crippen LogP contribution in [-0.2, 0) is 19.6 Å². The van der Waals surface area contributed by atoms with Crippen LogP contribution >= 0.6 is 0 Å². The van der Waals surface area contributed by atoms with Gasteiger partial charge in [-0.2, -0.15) is 4.31 Å². The number of anilines is 1. The lowest BCUT2D eigenvalue weighted by Gasteiger charge is -2.26. The molecule has 1 saturated carbocycles. The van der Waals surface area contributed by atoms with Gasteiger partial charge in [-0.15, -0.1) is 0 Å². The molecule has 1 saturated heterocycles. The van der Waals surface area contributed by atoms with E-state index in [4.69, 9.17) is 9.47 Å². The van der Waals surface area contributed by atoms with Crippen LogP contribution in [0.2, 0.25) is 0 Å². The smallest absolute Gasteiger partial charge is 0.243 e. The molecule has 1 aromatic carbocycles. The summed E-state index contributed by atoms with van der Waals surface area (Å²) in [6.07, 6.45) is 6.22. The number of amides is 1. The van der Waals surface area contributed by atoms with Crippen molar-refractivity contribution in [3.05, 3.63) is 18.2 Å². The van der Waals surface area contributed by atoms with Gasteiger partial charge >= 0.3 is 0 Å². The zero-order chi connectivity index (χ0) is 20.0. The van der Waals surface area contributed by atoms with E-state index < -0.39 is 10.0 Å². The van der Waals surface area contributed by atoms with Crippen LogP contribution in [0, 0.1) is 5.92 Å². The van der Waals surface area contributed by atoms with Gasteiger partial charge in [0, 0.05) is 19.5 Å². The fourth-order valence-corrected chi connectivity index (χ4v) is 5.27. The number of carbonyl (C=O) groups is 1. The van der Waals surface area contributed by atoms with Crippen LogP contribution in [-0.4, -0.2) is 51.5 Å². The van der Waals surface area contributed by atoms with Crippen molar-refractivity contribution >= 4 is 21.6 Å². The standard InChI is InChI=1S/C20H30N2O5S/c1-2-27-19-9-8-17(28(24,25)22-11-13-26-14-12-22)15-18(19)21-20(23)10-7-16-5-3-4-6-16/h8-9,15-16H,2-7,10-14H2,1H3,(H,21,23). The van der Waals surface area contributed by atoms with E-state index in [0.29, 0.717) is 56.7 Å². The van der Waals surface area contributed by atoms with E-state index >= 15 is 0 Å². The highest BCUT2D eigenvalue weighted by Gasteiger charge is 2.27. The molecule has 0 unspecified atom stereocenters. The van der Waals surface area contributed by atoms with Gasteiger partial charge in [0.1, 0.15) is 5.75 Å².